The lowest BCUT2D eigenvalue weighted by Gasteiger charge is -2.39. The molecule has 0 spiro atoms. The Kier molecular flexibility index (Phi) is 4.99. The predicted octanol–water partition coefficient (Wildman–Crippen LogP) is -0.551. The van der Waals surface area contributed by atoms with Crippen LogP contribution in [0.5, 0.6) is 0 Å². The molecule has 1 aliphatic rings. The minimum absolute atomic E-state index is 0.0859. The van der Waals surface area contributed by atoms with E-state index in [-0.39, 0.29) is 19.1 Å². The second kappa shape index (κ2) is 6.74. The fourth-order valence-electron chi connectivity index (χ4n) is 2.28. The van der Waals surface area contributed by atoms with Crippen LogP contribution in [0, 0.1) is 0 Å². The maximum Gasteiger partial charge on any atom is 0.255 e. The van der Waals surface area contributed by atoms with Gasteiger partial charge in [-0.2, -0.15) is 10.2 Å². The molecule has 20 heavy (non-hydrogen) atoms. The number of aliphatic hydroxyl groups is 2. The first-order valence-corrected chi connectivity index (χ1v) is 6.66. The number of hydrogen-bond donors (Lipinski definition) is 2. The monoisotopic (exact) mass is 281 g/mol. The summed E-state index contributed by atoms with van der Waals surface area (Å²) in [7, 11) is 0. The van der Waals surface area contributed by atoms with Gasteiger partial charge in [-0.15, -0.1) is 0 Å². The molecule has 7 nitrogen and oxygen atoms in total. The molecule has 1 saturated heterocycles. The first-order valence-electron chi connectivity index (χ1n) is 6.66. The summed E-state index contributed by atoms with van der Waals surface area (Å²) < 4.78 is 5.25. The Morgan fingerprint density at radius 3 is 2.90 bits per heavy atom. The van der Waals surface area contributed by atoms with Crippen LogP contribution in [0.4, 0.5) is 0 Å². The predicted molar refractivity (Wildman–Crippen MR) is 70.0 cm³/mol. The largest absolute Gasteiger partial charge is 0.388 e. The summed E-state index contributed by atoms with van der Waals surface area (Å²) in [5, 5.41) is 27.1. The normalized spacial score (nSPS) is 26.2. The average molecular weight is 281 g/mol. The van der Waals surface area contributed by atoms with Gasteiger partial charge in [-0.25, -0.2) is 0 Å². The van der Waals surface area contributed by atoms with E-state index in [9.17, 15) is 15.0 Å². The van der Waals surface area contributed by atoms with Crippen molar-refractivity contribution in [2.75, 3.05) is 19.8 Å². The van der Waals surface area contributed by atoms with Crippen LogP contribution >= 0.6 is 0 Å². The highest BCUT2D eigenvalue weighted by Gasteiger charge is 2.37. The number of carbonyl (C=O) groups excluding carboxylic acids is 1. The summed E-state index contributed by atoms with van der Waals surface area (Å²) in [6, 6.07) is 1.02. The average Bonchev–Trinajstić information content (AvgIpc) is 2.48. The van der Waals surface area contributed by atoms with Crippen molar-refractivity contribution in [3.05, 3.63) is 24.0 Å². The molecule has 0 radical (unpaired) electrons. The van der Waals surface area contributed by atoms with E-state index in [0.717, 1.165) is 6.42 Å². The molecule has 0 unspecified atom stereocenters. The van der Waals surface area contributed by atoms with E-state index >= 15 is 0 Å². The number of aliphatic hydroxyl groups excluding tert-OH is 2. The van der Waals surface area contributed by atoms with E-state index in [4.69, 9.17) is 4.74 Å². The fraction of sp³-hybridized carbons (Fsp3) is 0.615. The number of hydrogen-bond acceptors (Lipinski definition) is 6. The Hall–Kier alpha value is -1.57. The van der Waals surface area contributed by atoms with Crippen LogP contribution in [0.3, 0.4) is 0 Å². The minimum Gasteiger partial charge on any atom is -0.388 e. The molecule has 0 aliphatic carbocycles. The van der Waals surface area contributed by atoms with Crippen molar-refractivity contribution in [3.63, 3.8) is 0 Å². The topological polar surface area (TPSA) is 95.8 Å². The van der Waals surface area contributed by atoms with Gasteiger partial charge in [0.1, 0.15) is 12.2 Å². The van der Waals surface area contributed by atoms with Gasteiger partial charge in [-0.05, 0) is 12.5 Å². The lowest BCUT2D eigenvalue weighted by Crippen LogP contribution is -2.57. The molecule has 2 rings (SSSR count). The highest BCUT2D eigenvalue weighted by Crippen LogP contribution is 2.18. The zero-order valence-electron chi connectivity index (χ0n) is 11.3. The summed E-state index contributed by atoms with van der Waals surface area (Å²) in [5.74, 6) is -0.247. The molecule has 2 N–H and O–H groups in total. The SMILES string of the molecule is CCCN(C(=O)c1ccnnc1)[C@@H]1COC[C@@H](O)[C@H]1O. The lowest BCUT2D eigenvalue weighted by atomic mass is 10.0. The van der Waals surface area contributed by atoms with Gasteiger partial charge >= 0.3 is 0 Å². The Labute approximate surface area is 117 Å². The van der Waals surface area contributed by atoms with Crippen LogP contribution in [0.25, 0.3) is 0 Å². The maximum atomic E-state index is 12.5. The van der Waals surface area contributed by atoms with E-state index in [2.05, 4.69) is 10.2 Å². The molecule has 1 aliphatic heterocycles. The minimum atomic E-state index is -1.01. The van der Waals surface area contributed by atoms with Crippen molar-refractivity contribution in [1.82, 2.24) is 15.1 Å². The van der Waals surface area contributed by atoms with Gasteiger partial charge in [0.2, 0.25) is 0 Å². The number of rotatable bonds is 4. The van der Waals surface area contributed by atoms with Gasteiger partial charge in [0.15, 0.2) is 0 Å². The summed E-state index contributed by atoms with van der Waals surface area (Å²) in [6.07, 6.45) is 1.59. The Bertz CT molecular complexity index is 443. The van der Waals surface area contributed by atoms with E-state index in [1.165, 1.54) is 17.3 Å². The van der Waals surface area contributed by atoms with Crippen LogP contribution in [0.1, 0.15) is 23.7 Å². The summed E-state index contributed by atoms with van der Waals surface area (Å²) in [6.45, 7) is 2.71. The van der Waals surface area contributed by atoms with Gasteiger partial charge in [0.05, 0.1) is 37.2 Å². The Morgan fingerprint density at radius 2 is 2.25 bits per heavy atom. The van der Waals surface area contributed by atoms with Gasteiger partial charge in [0.25, 0.3) is 5.91 Å². The zero-order chi connectivity index (χ0) is 14.5. The van der Waals surface area contributed by atoms with E-state index in [0.29, 0.717) is 12.1 Å². The smallest absolute Gasteiger partial charge is 0.255 e. The van der Waals surface area contributed by atoms with E-state index in [1.807, 2.05) is 6.92 Å². The van der Waals surface area contributed by atoms with Crippen LogP contribution in [0.2, 0.25) is 0 Å². The van der Waals surface area contributed by atoms with Crippen LogP contribution in [0.15, 0.2) is 18.5 Å². The van der Waals surface area contributed by atoms with Gasteiger partial charge < -0.3 is 19.8 Å². The highest BCUT2D eigenvalue weighted by molar-refractivity contribution is 5.94. The van der Waals surface area contributed by atoms with Gasteiger partial charge in [-0.3, -0.25) is 4.79 Å². The van der Waals surface area contributed by atoms with Crippen LogP contribution in [-0.4, -0.2) is 69.2 Å². The third kappa shape index (κ3) is 3.12. The molecule has 7 heteroatoms. The number of carbonyl (C=O) groups is 1. The van der Waals surface area contributed by atoms with E-state index < -0.39 is 18.2 Å². The van der Waals surface area contributed by atoms with Gasteiger partial charge in [-0.1, -0.05) is 6.92 Å². The molecule has 0 aromatic carbocycles. The summed E-state index contributed by atoms with van der Waals surface area (Å²) in [4.78, 5) is 14.0. The first kappa shape index (κ1) is 14.8. The van der Waals surface area contributed by atoms with Gasteiger partial charge in [0, 0.05) is 6.54 Å². The van der Waals surface area contributed by atoms with Crippen molar-refractivity contribution in [3.8, 4) is 0 Å². The van der Waals surface area contributed by atoms with Crippen molar-refractivity contribution in [2.24, 2.45) is 0 Å². The Balaban J connectivity index is 2.20. The summed E-state index contributed by atoms with van der Waals surface area (Å²) in [5.41, 5.74) is 0.403. The molecule has 1 aromatic heterocycles. The van der Waals surface area contributed by atoms with E-state index in [1.54, 1.807) is 6.07 Å². The first-order chi connectivity index (χ1) is 9.65. The number of ether oxygens (including phenoxy) is 1. The molecule has 2 heterocycles. The van der Waals surface area contributed by atoms with Crippen LogP contribution in [-0.2, 0) is 4.74 Å². The molecule has 110 valence electrons. The zero-order valence-corrected chi connectivity index (χ0v) is 11.3. The quantitative estimate of drug-likeness (QED) is 0.769. The third-order valence-electron chi connectivity index (χ3n) is 3.32. The number of nitrogens with zero attached hydrogens (tertiary/aromatic N) is 3. The fourth-order valence-corrected chi connectivity index (χ4v) is 2.28. The third-order valence-corrected chi connectivity index (χ3v) is 3.32. The number of amides is 1. The molecule has 3 atom stereocenters. The second-order valence-corrected chi connectivity index (χ2v) is 4.79. The lowest BCUT2D eigenvalue weighted by molar-refractivity contribution is -0.125. The standard InChI is InChI=1S/C13H19N3O4/c1-2-5-16(10-7-20-8-11(17)12(10)18)13(19)9-3-4-14-15-6-9/h3-4,6,10-12,17-18H,2,5,7-8H2,1H3/t10-,11-,12+/m1/s1. The molecular formula is C13H19N3O4. The molecule has 0 bridgehead atoms. The number of aromatic nitrogens is 2. The maximum absolute atomic E-state index is 12.5. The molecule has 1 aromatic rings. The van der Waals surface area contributed by atoms with Crippen molar-refractivity contribution < 1.29 is 19.7 Å². The summed E-state index contributed by atoms with van der Waals surface area (Å²) >= 11 is 0. The van der Waals surface area contributed by atoms with Crippen molar-refractivity contribution >= 4 is 5.91 Å². The molecule has 0 saturated carbocycles. The Morgan fingerprint density at radius 1 is 1.45 bits per heavy atom. The highest BCUT2D eigenvalue weighted by atomic mass is 16.5. The van der Waals surface area contributed by atoms with Crippen molar-refractivity contribution in [1.29, 1.82) is 0 Å². The molecular weight excluding hydrogens is 262 g/mol. The molecule has 1 fully saturated rings. The van der Waals surface area contributed by atoms with Crippen molar-refractivity contribution in [2.45, 2.75) is 31.6 Å². The van der Waals surface area contributed by atoms with Crippen LogP contribution < -0.4 is 0 Å². The second-order valence-electron chi connectivity index (χ2n) is 4.79. The molecule has 1 amide bonds.